The Morgan fingerprint density at radius 3 is 2.62 bits per heavy atom. The Labute approximate surface area is 184 Å². The van der Waals surface area contributed by atoms with Gasteiger partial charge in [0.1, 0.15) is 17.3 Å². The van der Waals surface area contributed by atoms with Crippen molar-refractivity contribution in [3.8, 4) is 23.1 Å². The van der Waals surface area contributed by atoms with Crippen LogP contribution in [0.25, 0.3) is 22.3 Å². The number of imidazole rings is 1. The maximum absolute atomic E-state index is 13.6. The van der Waals surface area contributed by atoms with Crippen molar-refractivity contribution in [2.45, 2.75) is 38.9 Å². The summed E-state index contributed by atoms with van der Waals surface area (Å²) in [6.45, 7) is 5.69. The van der Waals surface area contributed by atoms with Crippen LogP contribution in [0.5, 0.6) is 5.75 Å². The molecule has 3 heterocycles. The lowest BCUT2D eigenvalue weighted by Crippen LogP contribution is -2.21. The van der Waals surface area contributed by atoms with Crippen LogP contribution in [0.2, 0.25) is 0 Å². The zero-order chi connectivity index (χ0) is 22.7. The first-order valence-corrected chi connectivity index (χ1v) is 10.7. The molecule has 0 N–H and O–H groups in total. The Morgan fingerprint density at radius 2 is 1.94 bits per heavy atom. The topological polar surface area (TPSA) is 67.0 Å². The summed E-state index contributed by atoms with van der Waals surface area (Å²) in [7, 11) is 0. The molecule has 0 bridgehead atoms. The third-order valence-corrected chi connectivity index (χ3v) is 5.67. The van der Waals surface area contributed by atoms with Gasteiger partial charge in [0.2, 0.25) is 0 Å². The fraction of sp³-hybridized carbons (Fsp3) is 0.435. The van der Waals surface area contributed by atoms with Crippen molar-refractivity contribution in [3.05, 3.63) is 41.9 Å². The van der Waals surface area contributed by atoms with Gasteiger partial charge in [-0.25, -0.2) is 9.97 Å². The summed E-state index contributed by atoms with van der Waals surface area (Å²) in [6, 6.07) is 7.58. The van der Waals surface area contributed by atoms with E-state index >= 15 is 0 Å². The number of nitriles is 1. The van der Waals surface area contributed by atoms with Gasteiger partial charge >= 0.3 is 6.18 Å². The fourth-order valence-corrected chi connectivity index (χ4v) is 4.13. The van der Waals surface area contributed by atoms with E-state index in [1.54, 1.807) is 19.3 Å². The summed E-state index contributed by atoms with van der Waals surface area (Å²) in [5, 5.41) is 9.57. The van der Waals surface area contributed by atoms with E-state index in [9.17, 15) is 18.4 Å². The van der Waals surface area contributed by atoms with Crippen molar-refractivity contribution in [1.82, 2.24) is 19.4 Å². The van der Waals surface area contributed by atoms with E-state index in [1.165, 1.54) is 25.0 Å². The number of hydrogen-bond acceptors (Lipinski definition) is 5. The van der Waals surface area contributed by atoms with Crippen LogP contribution in [0.15, 0.2) is 30.6 Å². The highest BCUT2D eigenvalue weighted by Gasteiger charge is 2.35. The number of pyridine rings is 1. The van der Waals surface area contributed by atoms with Gasteiger partial charge in [-0.3, -0.25) is 0 Å². The van der Waals surface area contributed by atoms with Gasteiger partial charge in [0.25, 0.3) is 0 Å². The molecule has 2 aromatic heterocycles. The van der Waals surface area contributed by atoms with Gasteiger partial charge in [0.05, 0.1) is 29.7 Å². The molecule has 0 radical (unpaired) electrons. The van der Waals surface area contributed by atoms with Crippen LogP contribution in [0, 0.1) is 11.3 Å². The number of fused-ring (bicyclic) bond motifs is 1. The van der Waals surface area contributed by atoms with Crippen LogP contribution in [-0.4, -0.2) is 45.7 Å². The van der Waals surface area contributed by atoms with Gasteiger partial charge < -0.3 is 14.2 Å². The molecule has 3 aromatic rings. The van der Waals surface area contributed by atoms with Gasteiger partial charge in [0.15, 0.2) is 5.69 Å². The van der Waals surface area contributed by atoms with Crippen LogP contribution in [-0.2, 0) is 12.7 Å². The quantitative estimate of drug-likeness (QED) is 0.521. The normalized spacial score (nSPS) is 14.7. The maximum Gasteiger partial charge on any atom is 0.419 e. The Balaban J connectivity index is 1.69. The summed E-state index contributed by atoms with van der Waals surface area (Å²) in [5.41, 5.74) is 0.942. The highest BCUT2D eigenvalue weighted by molar-refractivity contribution is 5.84. The van der Waals surface area contributed by atoms with E-state index in [-0.39, 0.29) is 23.6 Å². The number of aromatic nitrogens is 3. The summed E-state index contributed by atoms with van der Waals surface area (Å²) in [5.74, 6) is -0.225. The second kappa shape index (κ2) is 9.17. The molecule has 1 aromatic carbocycles. The third kappa shape index (κ3) is 4.55. The minimum atomic E-state index is -4.57. The average molecular weight is 443 g/mol. The predicted octanol–water partition coefficient (Wildman–Crippen LogP) is 4.87. The second-order valence-corrected chi connectivity index (χ2v) is 7.82. The highest BCUT2D eigenvalue weighted by atomic mass is 19.4. The molecule has 0 atom stereocenters. The van der Waals surface area contributed by atoms with Gasteiger partial charge in [-0.2, -0.15) is 18.4 Å². The standard InChI is InChI=1S/C23H24F3N5O/c1-2-32-21-7-6-16(12-17(21)23(24,25)26)18-13-20-22(19(14-27)29-18)28-15-31(20)11-5-10-30-8-3-4-9-30/h6-7,12-13,15H,2-5,8-11H2,1H3. The zero-order valence-electron chi connectivity index (χ0n) is 17.8. The molecule has 32 heavy (non-hydrogen) atoms. The minimum absolute atomic E-state index is 0.0956. The number of halogens is 3. The molecule has 6 nitrogen and oxygen atoms in total. The van der Waals surface area contributed by atoms with Crippen molar-refractivity contribution in [2.24, 2.45) is 0 Å². The third-order valence-electron chi connectivity index (χ3n) is 5.67. The molecular weight excluding hydrogens is 419 g/mol. The number of nitrogens with zero attached hydrogens (tertiary/aromatic N) is 5. The molecule has 0 aliphatic carbocycles. The molecule has 9 heteroatoms. The summed E-state index contributed by atoms with van der Waals surface area (Å²) in [6.07, 6.45) is 0.486. The molecule has 1 aliphatic rings. The molecule has 1 aliphatic heterocycles. The van der Waals surface area contributed by atoms with Gasteiger partial charge in [-0.05, 0) is 70.1 Å². The lowest BCUT2D eigenvalue weighted by molar-refractivity contribution is -0.138. The highest BCUT2D eigenvalue weighted by Crippen LogP contribution is 2.39. The number of alkyl halides is 3. The monoisotopic (exact) mass is 443 g/mol. The van der Waals surface area contributed by atoms with Gasteiger partial charge in [-0.15, -0.1) is 0 Å². The largest absolute Gasteiger partial charge is 0.493 e. The molecule has 168 valence electrons. The number of rotatable bonds is 7. The van der Waals surface area contributed by atoms with Crippen LogP contribution in [0.4, 0.5) is 13.2 Å². The Bertz CT molecular complexity index is 1140. The van der Waals surface area contributed by atoms with E-state index in [0.717, 1.165) is 32.1 Å². The maximum atomic E-state index is 13.6. The number of ether oxygens (including phenoxy) is 1. The molecule has 4 rings (SSSR count). The van der Waals surface area contributed by atoms with Crippen molar-refractivity contribution >= 4 is 11.0 Å². The van der Waals surface area contributed by atoms with E-state index in [4.69, 9.17) is 4.74 Å². The Morgan fingerprint density at radius 1 is 1.16 bits per heavy atom. The van der Waals surface area contributed by atoms with Gasteiger partial charge in [-0.1, -0.05) is 0 Å². The van der Waals surface area contributed by atoms with Crippen molar-refractivity contribution in [3.63, 3.8) is 0 Å². The van der Waals surface area contributed by atoms with Crippen molar-refractivity contribution in [1.29, 1.82) is 5.26 Å². The number of likely N-dealkylation sites (tertiary alicyclic amines) is 1. The molecule has 1 fully saturated rings. The molecule has 1 saturated heterocycles. The summed E-state index contributed by atoms with van der Waals surface area (Å²) in [4.78, 5) is 11.0. The number of aryl methyl sites for hydroxylation is 1. The van der Waals surface area contributed by atoms with E-state index in [0.29, 0.717) is 23.3 Å². The first-order chi connectivity index (χ1) is 15.4. The first-order valence-electron chi connectivity index (χ1n) is 10.7. The van der Waals surface area contributed by atoms with E-state index in [1.807, 2.05) is 10.6 Å². The summed E-state index contributed by atoms with van der Waals surface area (Å²) < 4.78 is 47.8. The molecule has 0 unspecified atom stereocenters. The SMILES string of the molecule is CCOc1ccc(-c2cc3c(ncn3CCCN3CCCC3)c(C#N)n2)cc1C(F)(F)F. The average Bonchev–Trinajstić information content (AvgIpc) is 3.43. The number of hydrogen-bond donors (Lipinski definition) is 0. The first kappa shape index (κ1) is 22.1. The zero-order valence-corrected chi connectivity index (χ0v) is 17.8. The Hall–Kier alpha value is -3.12. The number of benzene rings is 1. The van der Waals surface area contributed by atoms with Crippen LogP contribution in [0.1, 0.15) is 37.4 Å². The molecule has 0 saturated carbocycles. The fourth-order valence-electron chi connectivity index (χ4n) is 4.13. The molecule has 0 spiro atoms. The second-order valence-electron chi connectivity index (χ2n) is 7.82. The molecule has 0 amide bonds. The van der Waals surface area contributed by atoms with E-state index in [2.05, 4.69) is 14.9 Å². The van der Waals surface area contributed by atoms with Crippen LogP contribution in [0.3, 0.4) is 0 Å². The lowest BCUT2D eigenvalue weighted by atomic mass is 10.1. The van der Waals surface area contributed by atoms with Crippen LogP contribution < -0.4 is 4.74 Å². The van der Waals surface area contributed by atoms with Crippen molar-refractivity contribution < 1.29 is 17.9 Å². The molecular formula is C23H24F3N5O. The van der Waals surface area contributed by atoms with Crippen LogP contribution >= 0.6 is 0 Å². The summed E-state index contributed by atoms with van der Waals surface area (Å²) >= 11 is 0. The van der Waals surface area contributed by atoms with Crippen molar-refractivity contribution in [2.75, 3.05) is 26.2 Å². The van der Waals surface area contributed by atoms with E-state index < -0.39 is 11.7 Å². The minimum Gasteiger partial charge on any atom is -0.493 e. The lowest BCUT2D eigenvalue weighted by Gasteiger charge is -2.15. The smallest absolute Gasteiger partial charge is 0.419 e. The predicted molar refractivity (Wildman–Crippen MR) is 114 cm³/mol. The van der Waals surface area contributed by atoms with Gasteiger partial charge in [0, 0.05) is 12.1 Å². The Kier molecular flexibility index (Phi) is 6.33.